The number of aryl methyl sites for hydroxylation is 1. The molecule has 0 aliphatic rings. The topological polar surface area (TPSA) is 67.5 Å². The van der Waals surface area contributed by atoms with Gasteiger partial charge in [0.2, 0.25) is 0 Å². The summed E-state index contributed by atoms with van der Waals surface area (Å²) in [6.07, 6.45) is 1.60. The number of hydrogen-bond acceptors (Lipinski definition) is 3. The minimum absolute atomic E-state index is 0.218. The Labute approximate surface area is 68.4 Å². The van der Waals surface area contributed by atoms with E-state index in [9.17, 15) is 9.59 Å². The predicted molar refractivity (Wildman–Crippen MR) is 41.3 cm³/mol. The van der Waals surface area contributed by atoms with Gasteiger partial charge in [-0.2, -0.15) is 0 Å². The molecule has 0 saturated carbocycles. The van der Waals surface area contributed by atoms with Gasteiger partial charge in [-0.1, -0.05) is 6.92 Å². The summed E-state index contributed by atoms with van der Waals surface area (Å²) in [6.45, 7) is 1.73. The molecule has 0 radical (unpaired) electrons. The molecule has 0 fully saturated rings. The number of carbonyl (C=O) groups is 1. The molecule has 12 heavy (non-hydrogen) atoms. The maximum absolute atomic E-state index is 11.0. The van der Waals surface area contributed by atoms with Crippen LogP contribution < -0.4 is 5.43 Å². The molecule has 0 amide bonds. The molecule has 0 atom stereocenters. The lowest BCUT2D eigenvalue weighted by molar-refractivity contribution is 0.0690. The SMILES string of the molecule is CCc1occc(=O)c1C(=O)O. The fraction of sp³-hybridized carbons (Fsp3) is 0.250. The van der Waals surface area contributed by atoms with Gasteiger partial charge in [0.25, 0.3) is 0 Å². The summed E-state index contributed by atoms with van der Waals surface area (Å²) >= 11 is 0. The predicted octanol–water partition coefficient (Wildman–Crippen LogP) is 0.900. The molecule has 1 aromatic heterocycles. The average Bonchev–Trinajstić information content (AvgIpc) is 2.03. The summed E-state index contributed by atoms with van der Waals surface area (Å²) in [4.78, 5) is 21.5. The van der Waals surface area contributed by atoms with Crippen LogP contribution in [0.3, 0.4) is 0 Å². The third-order valence-corrected chi connectivity index (χ3v) is 1.49. The summed E-state index contributed by atoms with van der Waals surface area (Å²) < 4.78 is 4.87. The number of hydrogen-bond donors (Lipinski definition) is 1. The van der Waals surface area contributed by atoms with E-state index < -0.39 is 11.4 Å². The van der Waals surface area contributed by atoms with E-state index in [-0.39, 0.29) is 11.3 Å². The van der Waals surface area contributed by atoms with Gasteiger partial charge < -0.3 is 9.52 Å². The lowest BCUT2D eigenvalue weighted by atomic mass is 10.2. The van der Waals surface area contributed by atoms with Crippen LogP contribution in [0.1, 0.15) is 23.0 Å². The molecule has 1 heterocycles. The van der Waals surface area contributed by atoms with Crippen LogP contribution in [0.2, 0.25) is 0 Å². The standard InChI is InChI=1S/C8H8O4/c1-2-6-7(8(10)11)5(9)3-4-12-6/h3-4H,2H2,1H3,(H,10,11). The first kappa shape index (κ1) is 8.52. The molecule has 1 aromatic rings. The van der Waals surface area contributed by atoms with Gasteiger partial charge in [-0.15, -0.1) is 0 Å². The monoisotopic (exact) mass is 168 g/mol. The molecule has 0 bridgehead atoms. The van der Waals surface area contributed by atoms with Gasteiger partial charge in [0.15, 0.2) is 5.43 Å². The first-order valence-corrected chi connectivity index (χ1v) is 3.50. The Morgan fingerprint density at radius 3 is 2.75 bits per heavy atom. The maximum atomic E-state index is 11.0. The summed E-state index contributed by atoms with van der Waals surface area (Å²) in [5.41, 5.74) is -0.773. The van der Waals surface area contributed by atoms with Gasteiger partial charge >= 0.3 is 5.97 Å². The summed E-state index contributed by atoms with van der Waals surface area (Å²) in [6, 6.07) is 1.10. The molecular weight excluding hydrogens is 160 g/mol. The lowest BCUT2D eigenvalue weighted by Crippen LogP contribution is -2.15. The van der Waals surface area contributed by atoms with Crippen LogP contribution in [-0.4, -0.2) is 11.1 Å². The largest absolute Gasteiger partial charge is 0.477 e. The fourth-order valence-electron chi connectivity index (χ4n) is 0.942. The van der Waals surface area contributed by atoms with E-state index in [1.54, 1.807) is 6.92 Å². The van der Waals surface area contributed by atoms with Crippen molar-refractivity contribution in [1.29, 1.82) is 0 Å². The Balaban J connectivity index is 3.40. The molecule has 4 nitrogen and oxygen atoms in total. The number of rotatable bonds is 2. The smallest absolute Gasteiger partial charge is 0.343 e. The van der Waals surface area contributed by atoms with E-state index in [2.05, 4.69) is 0 Å². The van der Waals surface area contributed by atoms with Crippen LogP contribution in [-0.2, 0) is 6.42 Å². The molecule has 0 aliphatic heterocycles. The Morgan fingerprint density at radius 2 is 2.33 bits per heavy atom. The molecule has 1 N–H and O–H groups in total. The third kappa shape index (κ3) is 1.37. The van der Waals surface area contributed by atoms with Crippen molar-refractivity contribution in [2.24, 2.45) is 0 Å². The van der Waals surface area contributed by atoms with Crippen LogP contribution in [0.25, 0.3) is 0 Å². The van der Waals surface area contributed by atoms with Gasteiger partial charge in [-0.25, -0.2) is 4.79 Å². The highest BCUT2D eigenvalue weighted by Gasteiger charge is 2.14. The van der Waals surface area contributed by atoms with E-state index in [0.717, 1.165) is 6.07 Å². The molecule has 0 unspecified atom stereocenters. The van der Waals surface area contributed by atoms with Crippen molar-refractivity contribution in [2.75, 3.05) is 0 Å². The van der Waals surface area contributed by atoms with Gasteiger partial charge in [0.05, 0.1) is 6.26 Å². The summed E-state index contributed by atoms with van der Waals surface area (Å²) in [5, 5.41) is 8.62. The Morgan fingerprint density at radius 1 is 1.67 bits per heavy atom. The zero-order valence-corrected chi connectivity index (χ0v) is 6.53. The fourth-order valence-corrected chi connectivity index (χ4v) is 0.942. The molecule has 0 saturated heterocycles. The second-order valence-electron chi connectivity index (χ2n) is 2.24. The zero-order chi connectivity index (χ0) is 9.14. The zero-order valence-electron chi connectivity index (χ0n) is 6.53. The quantitative estimate of drug-likeness (QED) is 0.712. The lowest BCUT2D eigenvalue weighted by Gasteiger charge is -1.98. The number of carboxylic acids is 1. The van der Waals surface area contributed by atoms with E-state index in [1.165, 1.54) is 6.26 Å². The Kier molecular flexibility index (Phi) is 2.28. The highest BCUT2D eigenvalue weighted by molar-refractivity contribution is 5.88. The van der Waals surface area contributed by atoms with Crippen LogP contribution in [0.4, 0.5) is 0 Å². The van der Waals surface area contributed by atoms with Gasteiger partial charge in [-0.3, -0.25) is 4.79 Å². The van der Waals surface area contributed by atoms with E-state index in [0.29, 0.717) is 6.42 Å². The summed E-state index contributed by atoms with van der Waals surface area (Å²) in [5.74, 6) is -1.02. The minimum Gasteiger partial charge on any atom is -0.477 e. The molecular formula is C8H8O4. The van der Waals surface area contributed by atoms with Crippen LogP contribution >= 0.6 is 0 Å². The van der Waals surface area contributed by atoms with Crippen molar-refractivity contribution in [3.8, 4) is 0 Å². The van der Waals surface area contributed by atoms with Crippen LogP contribution in [0, 0.1) is 0 Å². The second kappa shape index (κ2) is 3.21. The molecule has 0 aromatic carbocycles. The van der Waals surface area contributed by atoms with Gasteiger partial charge in [0, 0.05) is 12.5 Å². The number of carboxylic acid groups (broad SMARTS) is 1. The van der Waals surface area contributed by atoms with Crippen molar-refractivity contribution in [3.63, 3.8) is 0 Å². The summed E-state index contributed by atoms with van der Waals surface area (Å²) in [7, 11) is 0. The first-order valence-electron chi connectivity index (χ1n) is 3.50. The van der Waals surface area contributed by atoms with Crippen molar-refractivity contribution < 1.29 is 14.3 Å². The molecule has 1 rings (SSSR count). The Hall–Kier alpha value is -1.58. The second-order valence-corrected chi connectivity index (χ2v) is 2.24. The highest BCUT2D eigenvalue weighted by atomic mass is 16.4. The molecule has 64 valence electrons. The van der Waals surface area contributed by atoms with Crippen LogP contribution in [0.5, 0.6) is 0 Å². The van der Waals surface area contributed by atoms with Crippen LogP contribution in [0.15, 0.2) is 21.5 Å². The highest BCUT2D eigenvalue weighted by Crippen LogP contribution is 2.03. The first-order chi connectivity index (χ1) is 5.66. The molecule has 0 aliphatic carbocycles. The van der Waals surface area contributed by atoms with E-state index in [4.69, 9.17) is 9.52 Å². The molecule has 0 spiro atoms. The van der Waals surface area contributed by atoms with E-state index >= 15 is 0 Å². The number of aromatic carboxylic acids is 1. The Bertz CT molecular complexity index is 350. The van der Waals surface area contributed by atoms with Crippen molar-refractivity contribution in [1.82, 2.24) is 0 Å². The average molecular weight is 168 g/mol. The van der Waals surface area contributed by atoms with Gasteiger partial charge in [-0.05, 0) is 0 Å². The normalized spacial score (nSPS) is 9.75. The van der Waals surface area contributed by atoms with Crippen molar-refractivity contribution >= 4 is 5.97 Å². The molecule has 4 heteroatoms. The van der Waals surface area contributed by atoms with Gasteiger partial charge in [0.1, 0.15) is 11.3 Å². The van der Waals surface area contributed by atoms with Crippen molar-refractivity contribution in [3.05, 3.63) is 33.9 Å². The third-order valence-electron chi connectivity index (χ3n) is 1.49. The maximum Gasteiger partial charge on any atom is 0.343 e. The van der Waals surface area contributed by atoms with Crippen molar-refractivity contribution in [2.45, 2.75) is 13.3 Å². The van der Waals surface area contributed by atoms with E-state index in [1.807, 2.05) is 0 Å². The minimum atomic E-state index is -1.23.